The summed E-state index contributed by atoms with van der Waals surface area (Å²) in [6.45, 7) is 7.73. The van der Waals surface area contributed by atoms with Crippen molar-refractivity contribution < 1.29 is 0 Å². The largest absolute Gasteiger partial charge is 0.256 e. The molecule has 0 aliphatic rings. The normalized spacial score (nSPS) is 11.3. The van der Waals surface area contributed by atoms with E-state index in [2.05, 4.69) is 17.6 Å². The smallest absolute Gasteiger partial charge is 0.0698 e. The number of aryl methyl sites for hydroxylation is 1. The van der Waals surface area contributed by atoms with Gasteiger partial charge in [-0.3, -0.25) is 4.98 Å². The first-order valence-electron chi connectivity index (χ1n) is 3.99. The number of hydrogen-bond acceptors (Lipinski definition) is 1. The van der Waals surface area contributed by atoms with Crippen molar-refractivity contribution in [3.05, 3.63) is 48.3 Å². The Bertz CT molecular complexity index is 293. The van der Waals surface area contributed by atoms with Crippen molar-refractivity contribution in [2.24, 2.45) is 0 Å². The summed E-state index contributed by atoms with van der Waals surface area (Å²) in [6.07, 6.45) is 5.69. The van der Waals surface area contributed by atoms with Gasteiger partial charge in [0.05, 0.1) is 5.69 Å². The van der Waals surface area contributed by atoms with Gasteiger partial charge in [0, 0.05) is 6.20 Å². The summed E-state index contributed by atoms with van der Waals surface area (Å²) >= 11 is 0. The molecule has 0 saturated carbocycles. The average Bonchev–Trinajstić information content (AvgIpc) is 2.10. The zero-order chi connectivity index (χ0) is 8.97. The van der Waals surface area contributed by atoms with Crippen molar-refractivity contribution >= 4 is 5.57 Å². The molecule has 62 valence electrons. The third-order valence-electron chi connectivity index (χ3n) is 1.74. The highest BCUT2D eigenvalue weighted by atomic mass is 14.7. The van der Waals surface area contributed by atoms with Crippen LogP contribution in [-0.2, 0) is 0 Å². The van der Waals surface area contributed by atoms with Crippen LogP contribution < -0.4 is 0 Å². The van der Waals surface area contributed by atoms with E-state index in [1.54, 1.807) is 0 Å². The summed E-state index contributed by atoms with van der Waals surface area (Å²) in [6, 6.07) is 4.06. The predicted octanol–water partition coefficient (Wildman–Crippen LogP) is 2.98. The summed E-state index contributed by atoms with van der Waals surface area (Å²) in [5, 5.41) is 0. The molecule has 0 N–H and O–H groups in total. The van der Waals surface area contributed by atoms with Gasteiger partial charge in [-0.25, -0.2) is 0 Å². The summed E-state index contributed by atoms with van der Waals surface area (Å²) < 4.78 is 0. The molecular formula is C11H13N. The van der Waals surface area contributed by atoms with Crippen molar-refractivity contribution in [3.63, 3.8) is 0 Å². The number of hydrogen-bond donors (Lipinski definition) is 0. The van der Waals surface area contributed by atoms with Crippen LogP contribution in [0.5, 0.6) is 0 Å². The van der Waals surface area contributed by atoms with E-state index in [-0.39, 0.29) is 0 Å². The fourth-order valence-electron chi connectivity index (χ4n) is 1.01. The highest BCUT2D eigenvalue weighted by Gasteiger charge is 1.95. The molecule has 0 bridgehead atoms. The lowest BCUT2D eigenvalue weighted by molar-refractivity contribution is 1.23. The third kappa shape index (κ3) is 1.82. The Kier molecular flexibility index (Phi) is 2.81. The first-order valence-corrected chi connectivity index (χ1v) is 3.99. The average molecular weight is 159 g/mol. The van der Waals surface area contributed by atoms with Crippen LogP contribution in [-0.4, -0.2) is 4.98 Å². The number of allylic oxidation sites excluding steroid dienone is 3. The Hall–Kier alpha value is -1.37. The number of pyridine rings is 1. The van der Waals surface area contributed by atoms with Gasteiger partial charge >= 0.3 is 0 Å². The molecule has 1 heteroatoms. The molecule has 0 unspecified atom stereocenters. The van der Waals surface area contributed by atoms with Gasteiger partial charge in [-0.05, 0) is 31.1 Å². The van der Waals surface area contributed by atoms with E-state index in [1.807, 2.05) is 38.3 Å². The van der Waals surface area contributed by atoms with Crippen LogP contribution in [0.3, 0.4) is 0 Å². The van der Waals surface area contributed by atoms with E-state index in [0.717, 1.165) is 11.3 Å². The molecule has 12 heavy (non-hydrogen) atoms. The maximum atomic E-state index is 4.28. The second-order valence-corrected chi connectivity index (χ2v) is 2.67. The molecule has 0 spiro atoms. The maximum absolute atomic E-state index is 4.28. The van der Waals surface area contributed by atoms with Gasteiger partial charge in [0.15, 0.2) is 0 Å². The molecule has 1 rings (SSSR count). The van der Waals surface area contributed by atoms with Crippen molar-refractivity contribution in [1.29, 1.82) is 0 Å². The second-order valence-electron chi connectivity index (χ2n) is 2.67. The molecule has 0 amide bonds. The zero-order valence-corrected chi connectivity index (χ0v) is 7.54. The SMILES string of the molecule is C=C/C(=C\C)c1ccc(C)cn1. The highest BCUT2D eigenvalue weighted by molar-refractivity contribution is 5.70. The number of rotatable bonds is 2. The van der Waals surface area contributed by atoms with Gasteiger partial charge in [-0.15, -0.1) is 0 Å². The molecule has 1 aromatic heterocycles. The van der Waals surface area contributed by atoms with Gasteiger partial charge in [0.2, 0.25) is 0 Å². The molecule has 0 atom stereocenters. The molecule has 0 aliphatic heterocycles. The Morgan fingerprint density at radius 3 is 2.67 bits per heavy atom. The monoisotopic (exact) mass is 159 g/mol. The minimum absolute atomic E-state index is 0.984. The summed E-state index contributed by atoms with van der Waals surface area (Å²) in [5.41, 5.74) is 3.24. The molecule has 0 aromatic carbocycles. The molecule has 0 fully saturated rings. The molecular weight excluding hydrogens is 146 g/mol. The van der Waals surface area contributed by atoms with E-state index < -0.39 is 0 Å². The Morgan fingerprint density at radius 2 is 2.25 bits per heavy atom. The topological polar surface area (TPSA) is 12.9 Å². The van der Waals surface area contributed by atoms with Gasteiger partial charge < -0.3 is 0 Å². The van der Waals surface area contributed by atoms with Crippen LogP contribution in [0.4, 0.5) is 0 Å². The van der Waals surface area contributed by atoms with Crippen molar-refractivity contribution in [3.8, 4) is 0 Å². The fourth-order valence-corrected chi connectivity index (χ4v) is 1.01. The van der Waals surface area contributed by atoms with Gasteiger partial charge in [-0.1, -0.05) is 24.8 Å². The van der Waals surface area contributed by atoms with Crippen LogP contribution in [0.15, 0.2) is 37.1 Å². The highest BCUT2D eigenvalue weighted by Crippen LogP contribution is 2.12. The molecule has 0 radical (unpaired) electrons. The lowest BCUT2D eigenvalue weighted by atomic mass is 10.1. The van der Waals surface area contributed by atoms with Gasteiger partial charge in [0.1, 0.15) is 0 Å². The quantitative estimate of drug-likeness (QED) is 0.604. The molecule has 1 heterocycles. The van der Waals surface area contributed by atoms with Gasteiger partial charge in [-0.2, -0.15) is 0 Å². The Labute approximate surface area is 73.5 Å². The zero-order valence-electron chi connectivity index (χ0n) is 7.54. The number of nitrogens with zero attached hydrogens (tertiary/aromatic N) is 1. The minimum Gasteiger partial charge on any atom is -0.256 e. The Balaban J connectivity index is 3.04. The summed E-state index contributed by atoms with van der Waals surface area (Å²) in [7, 11) is 0. The molecule has 0 aliphatic carbocycles. The van der Waals surface area contributed by atoms with Crippen molar-refractivity contribution in [2.75, 3.05) is 0 Å². The number of aromatic nitrogens is 1. The minimum atomic E-state index is 0.984. The standard InChI is InChI=1S/C11H13N/c1-4-10(5-2)11-7-6-9(3)8-12-11/h4-8H,1H2,2-3H3/b10-5+. The second kappa shape index (κ2) is 3.86. The van der Waals surface area contributed by atoms with Crippen LogP contribution in [0, 0.1) is 6.92 Å². The fraction of sp³-hybridized carbons (Fsp3) is 0.182. The van der Waals surface area contributed by atoms with Crippen molar-refractivity contribution in [2.45, 2.75) is 13.8 Å². The summed E-state index contributed by atoms with van der Waals surface area (Å²) in [5.74, 6) is 0. The van der Waals surface area contributed by atoms with Gasteiger partial charge in [0.25, 0.3) is 0 Å². The molecule has 0 saturated heterocycles. The van der Waals surface area contributed by atoms with E-state index in [1.165, 1.54) is 5.56 Å². The van der Waals surface area contributed by atoms with Crippen LogP contribution >= 0.6 is 0 Å². The van der Waals surface area contributed by atoms with Crippen LogP contribution in [0.2, 0.25) is 0 Å². The van der Waals surface area contributed by atoms with E-state index >= 15 is 0 Å². The van der Waals surface area contributed by atoms with E-state index in [9.17, 15) is 0 Å². The lowest BCUT2D eigenvalue weighted by Crippen LogP contribution is -1.86. The first kappa shape index (κ1) is 8.72. The maximum Gasteiger partial charge on any atom is 0.0698 e. The Morgan fingerprint density at radius 1 is 1.50 bits per heavy atom. The van der Waals surface area contributed by atoms with E-state index in [0.29, 0.717) is 0 Å². The van der Waals surface area contributed by atoms with E-state index in [4.69, 9.17) is 0 Å². The summed E-state index contributed by atoms with van der Waals surface area (Å²) in [4.78, 5) is 4.28. The lowest BCUT2D eigenvalue weighted by Gasteiger charge is -1.99. The molecule has 1 nitrogen and oxygen atoms in total. The van der Waals surface area contributed by atoms with Crippen LogP contribution in [0.25, 0.3) is 5.57 Å². The van der Waals surface area contributed by atoms with Crippen molar-refractivity contribution in [1.82, 2.24) is 4.98 Å². The first-order chi connectivity index (χ1) is 5.77. The third-order valence-corrected chi connectivity index (χ3v) is 1.74. The van der Waals surface area contributed by atoms with Crippen LogP contribution in [0.1, 0.15) is 18.2 Å². The molecule has 1 aromatic rings. The predicted molar refractivity (Wildman–Crippen MR) is 52.8 cm³/mol.